The fourth-order valence-electron chi connectivity index (χ4n) is 2.05. The summed E-state index contributed by atoms with van der Waals surface area (Å²) in [6.07, 6.45) is 7.35. The molecule has 0 saturated heterocycles. The first-order chi connectivity index (χ1) is 8.42. The van der Waals surface area contributed by atoms with E-state index in [2.05, 4.69) is 26.3 Å². The molecule has 4 heteroatoms. The van der Waals surface area contributed by atoms with Gasteiger partial charge >= 0.3 is 0 Å². The van der Waals surface area contributed by atoms with Gasteiger partial charge in [0.15, 0.2) is 0 Å². The molecule has 1 aliphatic rings. The molecule has 86 valence electrons. The highest BCUT2D eigenvalue weighted by Gasteiger charge is 2.11. The van der Waals surface area contributed by atoms with Crippen LogP contribution in [-0.4, -0.2) is 21.5 Å². The summed E-state index contributed by atoms with van der Waals surface area (Å²) in [7, 11) is 0. The van der Waals surface area contributed by atoms with Gasteiger partial charge in [-0.1, -0.05) is 6.07 Å². The third kappa shape index (κ3) is 2.31. The second-order valence-corrected chi connectivity index (χ2v) is 4.22. The third-order valence-electron chi connectivity index (χ3n) is 2.94. The van der Waals surface area contributed by atoms with Crippen molar-refractivity contribution in [3.05, 3.63) is 53.4 Å². The van der Waals surface area contributed by atoms with Gasteiger partial charge in [-0.05, 0) is 11.6 Å². The van der Waals surface area contributed by atoms with E-state index in [9.17, 15) is 0 Å². The largest absolute Gasteiger partial charge is 0.312 e. The summed E-state index contributed by atoms with van der Waals surface area (Å²) in [4.78, 5) is 13.1. The molecule has 0 amide bonds. The van der Waals surface area contributed by atoms with E-state index in [1.807, 2.05) is 18.5 Å². The summed E-state index contributed by atoms with van der Waals surface area (Å²) in [6, 6.07) is 4.00. The highest BCUT2D eigenvalue weighted by Crippen LogP contribution is 2.11. The minimum absolute atomic E-state index is 0.758. The van der Waals surface area contributed by atoms with E-state index in [0.717, 1.165) is 37.3 Å². The molecule has 0 spiro atoms. The van der Waals surface area contributed by atoms with Crippen LogP contribution in [0.1, 0.15) is 22.6 Å². The van der Waals surface area contributed by atoms with Crippen LogP contribution in [-0.2, 0) is 19.4 Å². The van der Waals surface area contributed by atoms with Crippen molar-refractivity contribution in [1.29, 1.82) is 0 Å². The summed E-state index contributed by atoms with van der Waals surface area (Å²) < 4.78 is 0. The first-order valence-electron chi connectivity index (χ1n) is 5.85. The van der Waals surface area contributed by atoms with Crippen LogP contribution in [0.5, 0.6) is 0 Å². The van der Waals surface area contributed by atoms with Crippen molar-refractivity contribution < 1.29 is 0 Å². The third-order valence-corrected chi connectivity index (χ3v) is 2.94. The van der Waals surface area contributed by atoms with Gasteiger partial charge in [0.05, 0.1) is 0 Å². The van der Waals surface area contributed by atoms with Crippen LogP contribution in [0.25, 0.3) is 0 Å². The maximum atomic E-state index is 4.63. The zero-order valence-corrected chi connectivity index (χ0v) is 9.56. The van der Waals surface area contributed by atoms with Crippen molar-refractivity contribution in [2.45, 2.75) is 19.4 Å². The lowest BCUT2D eigenvalue weighted by Crippen LogP contribution is -2.25. The van der Waals surface area contributed by atoms with E-state index in [-0.39, 0.29) is 0 Å². The number of hydrogen-bond acceptors (Lipinski definition) is 4. The van der Waals surface area contributed by atoms with Gasteiger partial charge in [-0.15, -0.1) is 0 Å². The van der Waals surface area contributed by atoms with Crippen LogP contribution in [0, 0.1) is 0 Å². The number of aromatic nitrogens is 3. The van der Waals surface area contributed by atoms with Crippen molar-refractivity contribution in [1.82, 2.24) is 20.3 Å². The molecule has 0 aromatic carbocycles. The molecular formula is C13H14N4. The van der Waals surface area contributed by atoms with Crippen LogP contribution in [0.2, 0.25) is 0 Å². The molecule has 0 radical (unpaired) electrons. The lowest BCUT2D eigenvalue weighted by molar-refractivity contribution is 0.621. The number of hydrogen-bond donors (Lipinski definition) is 1. The van der Waals surface area contributed by atoms with Crippen molar-refractivity contribution in [3.8, 4) is 0 Å². The molecule has 1 N–H and O–H groups in total. The van der Waals surface area contributed by atoms with E-state index in [4.69, 9.17) is 0 Å². The topological polar surface area (TPSA) is 50.7 Å². The SMILES string of the molecule is c1cncc(Cc2ncc3c(n2)CCNC3)c1. The summed E-state index contributed by atoms with van der Waals surface area (Å²) in [5.74, 6) is 0.888. The minimum atomic E-state index is 0.758. The molecule has 1 aliphatic heterocycles. The lowest BCUT2D eigenvalue weighted by atomic mass is 10.1. The molecule has 17 heavy (non-hydrogen) atoms. The normalized spacial score (nSPS) is 14.4. The highest BCUT2D eigenvalue weighted by molar-refractivity contribution is 5.22. The molecular weight excluding hydrogens is 212 g/mol. The van der Waals surface area contributed by atoms with Gasteiger partial charge in [-0.2, -0.15) is 0 Å². The van der Waals surface area contributed by atoms with Gasteiger partial charge < -0.3 is 5.32 Å². The Labute approximate surface area is 100 Å². The standard InChI is InChI=1S/C13H14N4/c1-2-10(7-14-4-1)6-13-16-9-11-8-15-5-3-12(11)17-13/h1-2,4,7,9,15H,3,5-6,8H2. The zero-order chi connectivity index (χ0) is 11.5. The predicted molar refractivity (Wildman–Crippen MR) is 64.5 cm³/mol. The Morgan fingerprint density at radius 1 is 1.29 bits per heavy atom. The van der Waals surface area contributed by atoms with E-state index >= 15 is 0 Å². The lowest BCUT2D eigenvalue weighted by Gasteiger charge is -2.15. The van der Waals surface area contributed by atoms with Crippen LogP contribution in [0.15, 0.2) is 30.7 Å². The molecule has 4 nitrogen and oxygen atoms in total. The Hall–Kier alpha value is -1.81. The highest BCUT2D eigenvalue weighted by atomic mass is 14.9. The Bertz CT molecular complexity index is 510. The molecule has 0 bridgehead atoms. The average molecular weight is 226 g/mol. The number of nitrogens with one attached hydrogen (secondary N) is 1. The quantitative estimate of drug-likeness (QED) is 0.833. The van der Waals surface area contributed by atoms with E-state index in [0.29, 0.717) is 0 Å². The van der Waals surface area contributed by atoms with Gasteiger partial charge in [-0.3, -0.25) is 4.98 Å². The van der Waals surface area contributed by atoms with Crippen LogP contribution >= 0.6 is 0 Å². The minimum Gasteiger partial charge on any atom is -0.312 e. The fraction of sp³-hybridized carbons (Fsp3) is 0.308. The number of fused-ring (bicyclic) bond motifs is 1. The smallest absolute Gasteiger partial charge is 0.132 e. The van der Waals surface area contributed by atoms with E-state index in [1.54, 1.807) is 6.20 Å². The Morgan fingerprint density at radius 3 is 3.18 bits per heavy atom. The summed E-state index contributed by atoms with van der Waals surface area (Å²) in [5.41, 5.74) is 3.57. The summed E-state index contributed by atoms with van der Waals surface area (Å²) in [5, 5.41) is 3.32. The van der Waals surface area contributed by atoms with Gasteiger partial charge in [0.2, 0.25) is 0 Å². The molecule has 0 aliphatic carbocycles. The number of rotatable bonds is 2. The molecule has 0 saturated carbocycles. The van der Waals surface area contributed by atoms with Gasteiger partial charge in [-0.25, -0.2) is 9.97 Å². The van der Waals surface area contributed by atoms with E-state index in [1.165, 1.54) is 11.3 Å². The van der Waals surface area contributed by atoms with Crippen LogP contribution in [0.4, 0.5) is 0 Å². The Balaban J connectivity index is 1.84. The molecule has 0 atom stereocenters. The number of nitrogens with zero attached hydrogens (tertiary/aromatic N) is 3. The second kappa shape index (κ2) is 4.59. The molecule has 0 fully saturated rings. The van der Waals surface area contributed by atoms with Gasteiger partial charge in [0, 0.05) is 55.8 Å². The zero-order valence-electron chi connectivity index (χ0n) is 9.56. The fourth-order valence-corrected chi connectivity index (χ4v) is 2.05. The predicted octanol–water partition coefficient (Wildman–Crippen LogP) is 1.11. The molecule has 2 aromatic rings. The number of pyridine rings is 1. The van der Waals surface area contributed by atoms with Crippen LogP contribution in [0.3, 0.4) is 0 Å². The van der Waals surface area contributed by atoms with Crippen molar-refractivity contribution in [2.24, 2.45) is 0 Å². The summed E-state index contributed by atoms with van der Waals surface area (Å²) >= 11 is 0. The second-order valence-electron chi connectivity index (χ2n) is 4.22. The van der Waals surface area contributed by atoms with Crippen LogP contribution < -0.4 is 5.32 Å². The van der Waals surface area contributed by atoms with Gasteiger partial charge in [0.25, 0.3) is 0 Å². The molecule has 3 rings (SSSR count). The molecule has 0 unspecified atom stereocenters. The summed E-state index contributed by atoms with van der Waals surface area (Å²) in [6.45, 7) is 1.90. The van der Waals surface area contributed by atoms with Crippen molar-refractivity contribution in [3.63, 3.8) is 0 Å². The van der Waals surface area contributed by atoms with E-state index < -0.39 is 0 Å². The Kier molecular flexibility index (Phi) is 2.80. The molecule has 3 heterocycles. The first kappa shape index (κ1) is 10.4. The maximum Gasteiger partial charge on any atom is 0.132 e. The first-order valence-corrected chi connectivity index (χ1v) is 5.85. The maximum absolute atomic E-state index is 4.63. The Morgan fingerprint density at radius 2 is 2.29 bits per heavy atom. The van der Waals surface area contributed by atoms with Crippen molar-refractivity contribution >= 4 is 0 Å². The molecule has 2 aromatic heterocycles. The van der Waals surface area contributed by atoms with Gasteiger partial charge in [0.1, 0.15) is 5.82 Å². The average Bonchev–Trinajstić information content (AvgIpc) is 2.40. The van der Waals surface area contributed by atoms with Crippen molar-refractivity contribution in [2.75, 3.05) is 6.54 Å². The monoisotopic (exact) mass is 226 g/mol.